The molecule has 3 nitrogen and oxygen atoms in total. The number of hydrogen-bond acceptors (Lipinski definition) is 3. The van der Waals surface area contributed by atoms with Gasteiger partial charge < -0.3 is 13.9 Å². The predicted molar refractivity (Wildman–Crippen MR) is 74.6 cm³/mol. The molecule has 18 heavy (non-hydrogen) atoms. The highest BCUT2D eigenvalue weighted by Crippen LogP contribution is 2.23. The number of fused-ring (bicyclic) bond motifs is 1. The summed E-state index contributed by atoms with van der Waals surface area (Å²) in [4.78, 5) is 2.06. The maximum absolute atomic E-state index is 5.66. The van der Waals surface area contributed by atoms with E-state index in [9.17, 15) is 0 Å². The Morgan fingerprint density at radius 2 is 1.89 bits per heavy atom. The minimum absolute atomic E-state index is 0.464. The first-order valence-electron chi connectivity index (χ1n) is 5.66. The Morgan fingerprint density at radius 1 is 1.17 bits per heavy atom. The first-order valence-corrected chi connectivity index (χ1v) is 6.39. The Labute approximate surface area is 109 Å². The molecule has 0 saturated heterocycles. The van der Waals surface area contributed by atoms with E-state index in [0.717, 1.165) is 16.3 Å². The summed E-state index contributed by atoms with van der Waals surface area (Å²) in [5.74, 6) is 0.792. The molecule has 1 aliphatic heterocycles. The zero-order valence-corrected chi connectivity index (χ0v) is 11.0. The maximum atomic E-state index is 5.66. The van der Waals surface area contributed by atoms with Crippen molar-refractivity contribution in [2.75, 3.05) is 13.1 Å². The van der Waals surface area contributed by atoms with E-state index in [0.29, 0.717) is 22.1 Å². The predicted octanol–water partition coefficient (Wildman–Crippen LogP) is 1.99. The van der Waals surface area contributed by atoms with E-state index in [1.165, 1.54) is 0 Å². The summed E-state index contributed by atoms with van der Waals surface area (Å²) in [7, 11) is 0.464. The van der Waals surface area contributed by atoms with Crippen molar-refractivity contribution >= 4 is 21.2 Å². The van der Waals surface area contributed by atoms with Gasteiger partial charge in [0.1, 0.15) is 0 Å². The summed E-state index contributed by atoms with van der Waals surface area (Å²) < 4.78 is 10.9. The largest absolute Gasteiger partial charge is 0.438 e. The fourth-order valence-corrected chi connectivity index (χ4v) is 2.24. The fourth-order valence-electron chi connectivity index (χ4n) is 1.76. The fraction of sp³-hybridized carbons (Fsp3) is 0.143. The molecule has 0 N–H and O–H groups in total. The highest BCUT2D eigenvalue weighted by Gasteiger charge is 2.13. The molecule has 1 radical (unpaired) electrons. The van der Waals surface area contributed by atoms with Crippen molar-refractivity contribution in [3.05, 3.63) is 60.0 Å². The molecule has 0 spiro atoms. The van der Waals surface area contributed by atoms with Crippen LogP contribution in [0.2, 0.25) is 0 Å². The topological polar surface area (TPSA) is 21.7 Å². The average Bonchev–Trinajstić information content (AvgIpc) is 2.61. The molecular formula is C14H15NO2P. The molecule has 0 amide bonds. The first kappa shape index (κ1) is 12.7. The van der Waals surface area contributed by atoms with Gasteiger partial charge in [-0.1, -0.05) is 30.4 Å². The lowest BCUT2D eigenvalue weighted by molar-refractivity contribution is 0.341. The van der Waals surface area contributed by atoms with Gasteiger partial charge in [-0.05, 0) is 6.07 Å². The SMILES string of the molecule is C=CCN(CC=C)C1=c2ccccc2=CO[P]O1. The molecule has 0 bridgehead atoms. The molecule has 0 fully saturated rings. The smallest absolute Gasteiger partial charge is 0.405 e. The monoisotopic (exact) mass is 260 g/mol. The first-order chi connectivity index (χ1) is 8.86. The lowest BCUT2D eigenvalue weighted by Gasteiger charge is -2.22. The van der Waals surface area contributed by atoms with Crippen LogP contribution in [0.15, 0.2) is 49.6 Å². The average molecular weight is 260 g/mol. The summed E-state index contributed by atoms with van der Waals surface area (Å²) in [6.45, 7) is 8.94. The van der Waals surface area contributed by atoms with Crippen LogP contribution in [0.25, 0.3) is 12.1 Å². The van der Waals surface area contributed by atoms with Crippen LogP contribution in [0, 0.1) is 0 Å². The van der Waals surface area contributed by atoms with Crippen LogP contribution in [0.5, 0.6) is 0 Å². The van der Waals surface area contributed by atoms with Gasteiger partial charge in [0.2, 0.25) is 5.88 Å². The summed E-state index contributed by atoms with van der Waals surface area (Å²) in [6.07, 6.45) is 5.40. The second-order valence-electron chi connectivity index (χ2n) is 3.76. The van der Waals surface area contributed by atoms with E-state index in [4.69, 9.17) is 9.05 Å². The Hall–Kier alpha value is -1.73. The summed E-state index contributed by atoms with van der Waals surface area (Å²) in [5.41, 5.74) is 0. The highest BCUT2D eigenvalue weighted by molar-refractivity contribution is 7.26. The molecule has 1 aromatic rings. The molecule has 1 aromatic carbocycles. The molecule has 0 atom stereocenters. The molecular weight excluding hydrogens is 245 g/mol. The van der Waals surface area contributed by atoms with Crippen molar-refractivity contribution in [3.63, 3.8) is 0 Å². The van der Waals surface area contributed by atoms with Gasteiger partial charge in [-0.2, -0.15) is 0 Å². The molecule has 0 unspecified atom stereocenters. The Kier molecular flexibility index (Phi) is 4.43. The van der Waals surface area contributed by atoms with Crippen LogP contribution in [0.4, 0.5) is 0 Å². The van der Waals surface area contributed by atoms with Crippen molar-refractivity contribution in [2.24, 2.45) is 0 Å². The number of benzene rings is 1. The minimum atomic E-state index is 0.464. The Bertz CT molecular complexity index is 543. The molecule has 0 saturated carbocycles. The van der Waals surface area contributed by atoms with E-state index in [1.807, 2.05) is 36.4 Å². The lowest BCUT2D eigenvalue weighted by atomic mass is 10.2. The van der Waals surface area contributed by atoms with Gasteiger partial charge in [0.25, 0.3) is 0 Å². The van der Waals surface area contributed by atoms with E-state index in [2.05, 4.69) is 18.1 Å². The van der Waals surface area contributed by atoms with Crippen molar-refractivity contribution in [1.82, 2.24) is 4.90 Å². The van der Waals surface area contributed by atoms with Gasteiger partial charge in [0.15, 0.2) is 0 Å². The summed E-state index contributed by atoms with van der Waals surface area (Å²) in [5, 5.41) is 2.03. The highest BCUT2D eigenvalue weighted by atomic mass is 31.1. The van der Waals surface area contributed by atoms with Crippen molar-refractivity contribution in [3.8, 4) is 0 Å². The van der Waals surface area contributed by atoms with Crippen LogP contribution in [-0.2, 0) is 9.05 Å². The van der Waals surface area contributed by atoms with Gasteiger partial charge in [-0.25, -0.2) is 0 Å². The standard InChI is InChI=1S/C14H15NO2P/c1-3-9-15(10-4-2)14-13-8-6-5-7-12(13)11-16-18-17-14/h3-8,11H,1-2,9-10H2. The van der Waals surface area contributed by atoms with Crippen LogP contribution in [0.3, 0.4) is 0 Å². The van der Waals surface area contributed by atoms with Crippen molar-refractivity contribution in [2.45, 2.75) is 0 Å². The van der Waals surface area contributed by atoms with Crippen LogP contribution in [0.1, 0.15) is 0 Å². The van der Waals surface area contributed by atoms with Crippen LogP contribution >= 0.6 is 9.03 Å². The Balaban J connectivity index is 2.56. The zero-order chi connectivity index (χ0) is 12.8. The third kappa shape index (κ3) is 2.74. The van der Waals surface area contributed by atoms with Gasteiger partial charge in [-0.15, -0.1) is 13.2 Å². The van der Waals surface area contributed by atoms with Gasteiger partial charge in [0.05, 0.1) is 6.26 Å². The van der Waals surface area contributed by atoms with E-state index >= 15 is 0 Å². The zero-order valence-electron chi connectivity index (χ0n) is 10.1. The molecule has 1 heterocycles. The molecule has 0 aliphatic carbocycles. The normalized spacial score (nSPS) is 14.6. The van der Waals surface area contributed by atoms with Gasteiger partial charge >= 0.3 is 9.03 Å². The molecule has 4 heteroatoms. The third-order valence-corrected chi connectivity index (χ3v) is 2.96. The minimum Gasteiger partial charge on any atom is -0.438 e. The van der Waals surface area contributed by atoms with E-state index in [-0.39, 0.29) is 0 Å². The Morgan fingerprint density at radius 3 is 2.61 bits per heavy atom. The van der Waals surface area contributed by atoms with Crippen LogP contribution in [-0.4, -0.2) is 18.0 Å². The molecule has 1 aliphatic rings. The summed E-state index contributed by atoms with van der Waals surface area (Å²) in [6, 6.07) is 7.98. The molecule has 0 aromatic heterocycles. The molecule has 93 valence electrons. The number of hydrogen-bond donors (Lipinski definition) is 0. The summed E-state index contributed by atoms with van der Waals surface area (Å²) >= 11 is 0. The van der Waals surface area contributed by atoms with Crippen molar-refractivity contribution in [1.29, 1.82) is 0 Å². The second-order valence-corrected chi connectivity index (χ2v) is 4.31. The number of rotatable bonds is 5. The van der Waals surface area contributed by atoms with E-state index in [1.54, 1.807) is 6.26 Å². The lowest BCUT2D eigenvalue weighted by Crippen LogP contribution is -2.34. The maximum Gasteiger partial charge on any atom is 0.405 e. The van der Waals surface area contributed by atoms with Gasteiger partial charge in [0, 0.05) is 23.5 Å². The van der Waals surface area contributed by atoms with Crippen LogP contribution < -0.4 is 10.4 Å². The van der Waals surface area contributed by atoms with Crippen molar-refractivity contribution < 1.29 is 9.05 Å². The quantitative estimate of drug-likeness (QED) is 0.597. The van der Waals surface area contributed by atoms with Gasteiger partial charge in [-0.3, -0.25) is 0 Å². The van der Waals surface area contributed by atoms with E-state index < -0.39 is 0 Å². The third-order valence-electron chi connectivity index (χ3n) is 2.52. The molecule has 2 rings (SSSR count). The number of nitrogens with zero attached hydrogens (tertiary/aromatic N) is 1. The second kappa shape index (κ2) is 6.27.